The summed E-state index contributed by atoms with van der Waals surface area (Å²) in [6, 6.07) is 13.5. The Hall–Kier alpha value is -2.21. The molecule has 3 rings (SSSR count). The lowest BCUT2D eigenvalue weighted by Gasteiger charge is -2.35. The van der Waals surface area contributed by atoms with E-state index in [1.54, 1.807) is 24.3 Å². The number of ketones is 1. The van der Waals surface area contributed by atoms with E-state index >= 15 is 0 Å². The van der Waals surface area contributed by atoms with Crippen LogP contribution >= 0.6 is 15.9 Å². The van der Waals surface area contributed by atoms with Crippen LogP contribution in [0, 0.1) is 11.3 Å². The molecule has 0 amide bonds. The standard InChI is InChI=1S/C19H18BrN3O3S/c1-14(24)16-3-5-17(6-4-16)27(25,26)23-10-8-22(9-11-23)19-7-2-15(13-21)12-18(19)20/h2-7,12H,8-11H2,1H3. The van der Waals surface area contributed by atoms with Crippen LogP contribution in [0.2, 0.25) is 0 Å². The van der Waals surface area contributed by atoms with E-state index in [1.165, 1.54) is 23.4 Å². The zero-order valence-electron chi connectivity index (χ0n) is 14.7. The molecule has 1 heterocycles. The topological polar surface area (TPSA) is 81.5 Å². The van der Waals surface area contributed by atoms with E-state index < -0.39 is 10.0 Å². The van der Waals surface area contributed by atoms with Crippen LogP contribution in [0.5, 0.6) is 0 Å². The predicted octanol–water partition coefficient (Wildman–Crippen LogP) is 3.03. The van der Waals surface area contributed by atoms with Gasteiger partial charge in [-0.15, -0.1) is 0 Å². The quantitative estimate of drug-likeness (QED) is 0.672. The molecule has 8 heteroatoms. The maximum Gasteiger partial charge on any atom is 0.243 e. The van der Waals surface area contributed by atoms with Crippen molar-refractivity contribution in [2.75, 3.05) is 31.1 Å². The first-order chi connectivity index (χ1) is 12.8. The summed E-state index contributed by atoms with van der Waals surface area (Å²) in [5, 5.41) is 8.97. The van der Waals surface area contributed by atoms with Gasteiger partial charge in [-0.05, 0) is 53.2 Å². The molecule has 0 bridgehead atoms. The van der Waals surface area contributed by atoms with Crippen LogP contribution in [-0.2, 0) is 10.0 Å². The minimum Gasteiger partial charge on any atom is -0.368 e. The van der Waals surface area contributed by atoms with Crippen LogP contribution < -0.4 is 4.90 Å². The Balaban J connectivity index is 1.73. The average Bonchev–Trinajstić information content (AvgIpc) is 2.68. The minimum atomic E-state index is -3.59. The van der Waals surface area contributed by atoms with Crippen LogP contribution in [0.3, 0.4) is 0 Å². The maximum absolute atomic E-state index is 12.8. The third-order valence-electron chi connectivity index (χ3n) is 4.55. The van der Waals surface area contributed by atoms with Crippen molar-refractivity contribution in [2.45, 2.75) is 11.8 Å². The molecule has 140 valence electrons. The summed E-state index contributed by atoms with van der Waals surface area (Å²) in [6.45, 7) is 3.28. The SMILES string of the molecule is CC(=O)c1ccc(S(=O)(=O)N2CCN(c3ccc(C#N)cc3Br)CC2)cc1. The number of carbonyl (C=O) groups is 1. The summed E-state index contributed by atoms with van der Waals surface area (Å²) in [5.41, 5.74) is 2.00. The number of benzene rings is 2. The second-order valence-electron chi connectivity index (χ2n) is 6.25. The van der Waals surface area contributed by atoms with E-state index in [0.29, 0.717) is 37.3 Å². The van der Waals surface area contributed by atoms with Gasteiger partial charge in [0.1, 0.15) is 0 Å². The van der Waals surface area contributed by atoms with E-state index in [4.69, 9.17) is 5.26 Å². The van der Waals surface area contributed by atoms with Gasteiger partial charge >= 0.3 is 0 Å². The van der Waals surface area contributed by atoms with Gasteiger partial charge in [0.15, 0.2) is 5.78 Å². The van der Waals surface area contributed by atoms with Gasteiger partial charge in [0.25, 0.3) is 0 Å². The van der Waals surface area contributed by atoms with Crippen molar-refractivity contribution in [1.29, 1.82) is 5.26 Å². The first kappa shape index (κ1) is 19.5. The average molecular weight is 448 g/mol. The molecule has 0 aliphatic carbocycles. The number of hydrogen-bond donors (Lipinski definition) is 0. The van der Waals surface area contributed by atoms with Crippen LogP contribution in [-0.4, -0.2) is 44.7 Å². The molecule has 27 heavy (non-hydrogen) atoms. The fourth-order valence-electron chi connectivity index (χ4n) is 3.01. The van der Waals surface area contributed by atoms with E-state index in [0.717, 1.165) is 10.2 Å². The zero-order valence-corrected chi connectivity index (χ0v) is 17.1. The largest absolute Gasteiger partial charge is 0.368 e. The lowest BCUT2D eigenvalue weighted by atomic mass is 10.2. The van der Waals surface area contributed by atoms with Gasteiger partial charge < -0.3 is 4.90 Å². The Bertz CT molecular complexity index is 1010. The third-order valence-corrected chi connectivity index (χ3v) is 7.10. The highest BCUT2D eigenvalue weighted by Crippen LogP contribution is 2.29. The van der Waals surface area contributed by atoms with E-state index in [1.807, 2.05) is 6.07 Å². The van der Waals surface area contributed by atoms with E-state index in [2.05, 4.69) is 26.9 Å². The summed E-state index contributed by atoms with van der Waals surface area (Å²) >= 11 is 3.48. The Morgan fingerprint density at radius 3 is 2.22 bits per heavy atom. The molecule has 0 aromatic heterocycles. The zero-order chi connectivity index (χ0) is 19.6. The Kier molecular flexibility index (Phi) is 5.65. The normalized spacial score (nSPS) is 15.4. The molecule has 0 spiro atoms. The summed E-state index contributed by atoms with van der Waals surface area (Å²) in [5.74, 6) is -0.0967. The molecule has 0 N–H and O–H groups in total. The summed E-state index contributed by atoms with van der Waals surface area (Å²) in [7, 11) is -3.59. The number of anilines is 1. The molecule has 0 radical (unpaired) electrons. The molecular formula is C19H18BrN3O3S. The predicted molar refractivity (Wildman–Crippen MR) is 106 cm³/mol. The molecule has 0 saturated carbocycles. The van der Waals surface area contributed by atoms with E-state index in [9.17, 15) is 13.2 Å². The number of carbonyl (C=O) groups excluding carboxylic acids is 1. The second kappa shape index (κ2) is 7.80. The molecule has 1 fully saturated rings. The summed E-state index contributed by atoms with van der Waals surface area (Å²) in [4.78, 5) is 13.6. The monoisotopic (exact) mass is 447 g/mol. The highest BCUT2D eigenvalue weighted by atomic mass is 79.9. The van der Waals surface area contributed by atoms with Crippen molar-refractivity contribution in [1.82, 2.24) is 4.31 Å². The molecule has 1 aliphatic rings. The van der Waals surface area contributed by atoms with Crippen LogP contribution in [0.15, 0.2) is 51.8 Å². The number of halogens is 1. The van der Waals surface area contributed by atoms with Crippen LogP contribution in [0.25, 0.3) is 0 Å². The number of nitriles is 1. The number of rotatable bonds is 4. The van der Waals surface area contributed by atoms with Crippen molar-refractivity contribution >= 4 is 37.4 Å². The molecule has 6 nitrogen and oxygen atoms in total. The van der Waals surface area contributed by atoms with Gasteiger partial charge in [-0.3, -0.25) is 4.79 Å². The minimum absolute atomic E-state index is 0.0967. The Morgan fingerprint density at radius 1 is 1.07 bits per heavy atom. The lowest BCUT2D eigenvalue weighted by Crippen LogP contribution is -2.48. The number of hydrogen-bond acceptors (Lipinski definition) is 5. The number of sulfonamides is 1. The van der Waals surface area contributed by atoms with Crippen molar-refractivity contribution in [3.05, 3.63) is 58.1 Å². The number of nitrogens with zero attached hydrogens (tertiary/aromatic N) is 3. The summed E-state index contributed by atoms with van der Waals surface area (Å²) in [6.07, 6.45) is 0. The molecule has 1 aliphatic heterocycles. The van der Waals surface area contributed by atoms with Crippen molar-refractivity contribution < 1.29 is 13.2 Å². The molecule has 1 saturated heterocycles. The molecular weight excluding hydrogens is 430 g/mol. The van der Waals surface area contributed by atoms with Gasteiger partial charge in [-0.1, -0.05) is 12.1 Å². The van der Waals surface area contributed by atoms with Crippen LogP contribution in [0.4, 0.5) is 5.69 Å². The first-order valence-electron chi connectivity index (χ1n) is 8.38. The lowest BCUT2D eigenvalue weighted by molar-refractivity contribution is 0.101. The first-order valence-corrected chi connectivity index (χ1v) is 10.6. The van der Waals surface area contributed by atoms with Crippen molar-refractivity contribution in [3.8, 4) is 6.07 Å². The van der Waals surface area contributed by atoms with Gasteiger partial charge in [0, 0.05) is 36.2 Å². The second-order valence-corrected chi connectivity index (χ2v) is 9.04. The van der Waals surface area contributed by atoms with Gasteiger partial charge in [0.2, 0.25) is 10.0 Å². The van der Waals surface area contributed by atoms with Crippen LogP contribution in [0.1, 0.15) is 22.8 Å². The fourth-order valence-corrected chi connectivity index (χ4v) is 5.06. The summed E-state index contributed by atoms with van der Waals surface area (Å²) < 4.78 is 28.0. The van der Waals surface area contributed by atoms with Gasteiger partial charge in [-0.2, -0.15) is 9.57 Å². The highest BCUT2D eigenvalue weighted by Gasteiger charge is 2.29. The van der Waals surface area contributed by atoms with Crippen molar-refractivity contribution in [3.63, 3.8) is 0 Å². The Morgan fingerprint density at radius 2 is 1.70 bits per heavy atom. The number of piperazine rings is 1. The Labute approximate surface area is 167 Å². The molecule has 2 aromatic carbocycles. The van der Waals surface area contributed by atoms with Gasteiger partial charge in [0.05, 0.1) is 22.2 Å². The molecule has 0 atom stereocenters. The third kappa shape index (κ3) is 4.05. The fraction of sp³-hybridized carbons (Fsp3) is 0.263. The molecule has 2 aromatic rings. The van der Waals surface area contributed by atoms with E-state index in [-0.39, 0.29) is 10.7 Å². The van der Waals surface area contributed by atoms with Gasteiger partial charge in [-0.25, -0.2) is 8.42 Å². The number of Topliss-reactive ketones (excluding diaryl/α,β-unsaturated/α-hetero) is 1. The van der Waals surface area contributed by atoms with Crippen molar-refractivity contribution in [2.24, 2.45) is 0 Å². The highest BCUT2D eigenvalue weighted by molar-refractivity contribution is 9.10. The maximum atomic E-state index is 12.8. The molecule has 0 unspecified atom stereocenters. The smallest absolute Gasteiger partial charge is 0.243 e.